The third-order valence-electron chi connectivity index (χ3n) is 3.15. The number of rotatable bonds is 8. The molecule has 0 aliphatic rings. The first-order valence-electron chi connectivity index (χ1n) is 6.89. The molecule has 5 nitrogen and oxygen atoms in total. The van der Waals surface area contributed by atoms with Crippen LogP contribution in [-0.4, -0.2) is 39.3 Å². The summed E-state index contributed by atoms with van der Waals surface area (Å²) in [5.74, 6) is -0.0799. The quantitative estimate of drug-likeness (QED) is 0.716. The zero-order valence-electron chi connectivity index (χ0n) is 12.9. The van der Waals surface area contributed by atoms with Crippen molar-refractivity contribution in [3.05, 3.63) is 29.6 Å². The molecule has 1 amide bonds. The fourth-order valence-corrected chi connectivity index (χ4v) is 1.78. The predicted octanol–water partition coefficient (Wildman–Crippen LogP) is 1.64. The molecule has 2 unspecified atom stereocenters. The van der Waals surface area contributed by atoms with Crippen molar-refractivity contribution < 1.29 is 18.7 Å². The number of nitrogens with one attached hydrogen (secondary N) is 2. The Morgan fingerprint density at radius 3 is 2.71 bits per heavy atom. The minimum atomic E-state index is -0.671. The van der Waals surface area contributed by atoms with Gasteiger partial charge in [0.05, 0.1) is 6.61 Å². The molecule has 0 radical (unpaired) electrons. The van der Waals surface area contributed by atoms with Gasteiger partial charge >= 0.3 is 0 Å². The van der Waals surface area contributed by atoms with Gasteiger partial charge in [0.1, 0.15) is 11.6 Å². The summed E-state index contributed by atoms with van der Waals surface area (Å²) in [4.78, 5) is 11.9. The fourth-order valence-electron chi connectivity index (χ4n) is 1.78. The Morgan fingerprint density at radius 2 is 2.10 bits per heavy atom. The summed E-state index contributed by atoms with van der Waals surface area (Å²) in [5, 5.41) is 5.73. The number of benzene rings is 1. The molecule has 1 aromatic carbocycles. The van der Waals surface area contributed by atoms with E-state index in [0.717, 1.165) is 0 Å². The Kier molecular flexibility index (Phi) is 7.11. The molecule has 0 spiro atoms. The van der Waals surface area contributed by atoms with E-state index in [4.69, 9.17) is 9.47 Å². The maximum Gasteiger partial charge on any atom is 0.260 e. The highest BCUT2D eigenvalue weighted by Crippen LogP contribution is 2.26. The van der Waals surface area contributed by atoms with E-state index in [-0.39, 0.29) is 17.8 Å². The Labute approximate surface area is 124 Å². The molecule has 1 rings (SSSR count). The minimum absolute atomic E-state index is 0.0838. The average molecular weight is 298 g/mol. The number of carbonyl (C=O) groups excluding carboxylic acids is 1. The Balaban J connectivity index is 2.75. The molecular weight excluding hydrogens is 275 g/mol. The number of ether oxygens (including phenoxy) is 2. The zero-order chi connectivity index (χ0) is 15.8. The highest BCUT2D eigenvalue weighted by molar-refractivity contribution is 5.80. The topological polar surface area (TPSA) is 59.6 Å². The van der Waals surface area contributed by atoms with Crippen molar-refractivity contribution in [3.8, 4) is 5.75 Å². The first kappa shape index (κ1) is 17.4. The van der Waals surface area contributed by atoms with E-state index in [9.17, 15) is 9.18 Å². The van der Waals surface area contributed by atoms with Crippen molar-refractivity contribution in [1.82, 2.24) is 10.6 Å². The second-order valence-corrected chi connectivity index (χ2v) is 4.74. The average Bonchev–Trinajstić information content (AvgIpc) is 2.48. The molecule has 0 fully saturated rings. The van der Waals surface area contributed by atoms with Gasteiger partial charge in [0, 0.05) is 25.3 Å². The van der Waals surface area contributed by atoms with Crippen molar-refractivity contribution >= 4 is 5.91 Å². The second-order valence-electron chi connectivity index (χ2n) is 4.74. The van der Waals surface area contributed by atoms with Crippen LogP contribution in [0.25, 0.3) is 0 Å². The molecule has 0 bridgehead atoms. The summed E-state index contributed by atoms with van der Waals surface area (Å²) in [6.45, 7) is 4.41. The molecule has 21 heavy (non-hydrogen) atoms. The maximum atomic E-state index is 13.4. The first-order valence-corrected chi connectivity index (χ1v) is 6.89. The SMILES string of the molecule is CNC(C)c1cc(F)ccc1OC(C)C(=O)NCCOC. The van der Waals surface area contributed by atoms with Crippen LogP contribution in [0.2, 0.25) is 0 Å². The first-order chi connectivity index (χ1) is 9.99. The summed E-state index contributed by atoms with van der Waals surface area (Å²) < 4.78 is 23.9. The van der Waals surface area contributed by atoms with Crippen LogP contribution >= 0.6 is 0 Å². The van der Waals surface area contributed by atoms with Crippen LogP contribution in [0.4, 0.5) is 4.39 Å². The van der Waals surface area contributed by atoms with Gasteiger partial charge in [0.2, 0.25) is 0 Å². The van der Waals surface area contributed by atoms with Crippen LogP contribution < -0.4 is 15.4 Å². The van der Waals surface area contributed by atoms with Gasteiger partial charge in [-0.2, -0.15) is 0 Å². The number of amides is 1. The van der Waals surface area contributed by atoms with Crippen molar-refractivity contribution in [2.24, 2.45) is 0 Å². The summed E-state index contributed by atoms with van der Waals surface area (Å²) in [6.07, 6.45) is -0.671. The largest absolute Gasteiger partial charge is 0.481 e. The van der Waals surface area contributed by atoms with Crippen molar-refractivity contribution in [2.45, 2.75) is 26.0 Å². The molecule has 2 N–H and O–H groups in total. The summed E-state index contributed by atoms with van der Waals surface area (Å²) >= 11 is 0. The standard InChI is InChI=1S/C15H23FN2O3/c1-10(17-3)13-9-12(16)5-6-14(13)21-11(2)15(19)18-7-8-20-4/h5-6,9-11,17H,7-8H2,1-4H3,(H,18,19). The van der Waals surface area contributed by atoms with Crippen molar-refractivity contribution in [2.75, 3.05) is 27.3 Å². The zero-order valence-corrected chi connectivity index (χ0v) is 12.9. The molecule has 1 aromatic rings. The van der Waals surface area contributed by atoms with E-state index in [2.05, 4.69) is 10.6 Å². The van der Waals surface area contributed by atoms with Crippen LogP contribution in [0.5, 0.6) is 5.75 Å². The highest BCUT2D eigenvalue weighted by Gasteiger charge is 2.18. The second kappa shape index (κ2) is 8.59. The summed E-state index contributed by atoms with van der Waals surface area (Å²) in [7, 11) is 3.34. The molecule has 0 saturated heterocycles. The third kappa shape index (κ3) is 5.32. The molecule has 0 aliphatic heterocycles. The molecule has 0 aliphatic carbocycles. The van der Waals surface area contributed by atoms with Crippen LogP contribution in [0.3, 0.4) is 0 Å². The monoisotopic (exact) mass is 298 g/mol. The van der Waals surface area contributed by atoms with E-state index in [1.54, 1.807) is 21.1 Å². The van der Waals surface area contributed by atoms with Gasteiger partial charge in [0.25, 0.3) is 5.91 Å². The predicted molar refractivity (Wildman–Crippen MR) is 78.9 cm³/mol. The van der Waals surface area contributed by atoms with Crippen LogP contribution in [0, 0.1) is 5.82 Å². The Morgan fingerprint density at radius 1 is 1.38 bits per heavy atom. The molecule has 0 aromatic heterocycles. The van der Waals surface area contributed by atoms with Crippen LogP contribution in [0.15, 0.2) is 18.2 Å². The van der Waals surface area contributed by atoms with Gasteiger partial charge in [-0.05, 0) is 39.1 Å². The number of carbonyl (C=O) groups is 1. The number of hydrogen-bond acceptors (Lipinski definition) is 4. The van der Waals surface area contributed by atoms with Gasteiger partial charge in [-0.1, -0.05) is 0 Å². The number of methoxy groups -OCH3 is 1. The van der Waals surface area contributed by atoms with Gasteiger partial charge in [-0.25, -0.2) is 4.39 Å². The molecule has 118 valence electrons. The third-order valence-corrected chi connectivity index (χ3v) is 3.15. The van der Waals surface area contributed by atoms with E-state index in [1.807, 2.05) is 6.92 Å². The lowest BCUT2D eigenvalue weighted by molar-refractivity contribution is -0.127. The van der Waals surface area contributed by atoms with Gasteiger partial charge < -0.3 is 20.1 Å². The highest BCUT2D eigenvalue weighted by atomic mass is 19.1. The lowest BCUT2D eigenvalue weighted by atomic mass is 10.1. The smallest absolute Gasteiger partial charge is 0.260 e. The fraction of sp³-hybridized carbons (Fsp3) is 0.533. The summed E-state index contributed by atoms with van der Waals surface area (Å²) in [5.41, 5.74) is 0.675. The van der Waals surface area contributed by atoms with Crippen LogP contribution in [-0.2, 0) is 9.53 Å². The molecular formula is C15H23FN2O3. The Bertz CT molecular complexity index is 468. The normalized spacial score (nSPS) is 13.6. The minimum Gasteiger partial charge on any atom is -0.481 e. The van der Waals surface area contributed by atoms with E-state index < -0.39 is 6.10 Å². The molecule has 6 heteroatoms. The Hall–Kier alpha value is -1.66. The van der Waals surface area contributed by atoms with Gasteiger partial charge in [-0.15, -0.1) is 0 Å². The number of halogens is 1. The van der Waals surface area contributed by atoms with E-state index in [0.29, 0.717) is 24.5 Å². The molecule has 0 heterocycles. The molecule has 0 saturated carbocycles. The van der Waals surface area contributed by atoms with Crippen molar-refractivity contribution in [1.29, 1.82) is 0 Å². The van der Waals surface area contributed by atoms with Gasteiger partial charge in [0.15, 0.2) is 6.10 Å². The lowest BCUT2D eigenvalue weighted by Gasteiger charge is -2.20. The van der Waals surface area contributed by atoms with E-state index in [1.165, 1.54) is 18.2 Å². The maximum absolute atomic E-state index is 13.4. The number of hydrogen-bond donors (Lipinski definition) is 2. The van der Waals surface area contributed by atoms with Crippen LogP contribution in [0.1, 0.15) is 25.5 Å². The molecule has 2 atom stereocenters. The van der Waals surface area contributed by atoms with Gasteiger partial charge in [-0.3, -0.25) is 4.79 Å². The summed E-state index contributed by atoms with van der Waals surface area (Å²) in [6, 6.07) is 4.18. The lowest BCUT2D eigenvalue weighted by Crippen LogP contribution is -2.38. The van der Waals surface area contributed by atoms with E-state index >= 15 is 0 Å². The van der Waals surface area contributed by atoms with Crippen molar-refractivity contribution in [3.63, 3.8) is 0 Å².